The van der Waals surface area contributed by atoms with Gasteiger partial charge < -0.3 is 4.90 Å². The van der Waals surface area contributed by atoms with Crippen molar-refractivity contribution in [3.05, 3.63) is 107 Å². The molecule has 3 aromatic carbocycles. The topological polar surface area (TPSA) is 20.3 Å². The third-order valence-electron chi connectivity index (χ3n) is 5.20. The fraction of sp³-hybridized carbons (Fsp3) is 0.240. The molecule has 0 bridgehead atoms. The molecule has 0 aromatic heterocycles. The zero-order valence-corrected chi connectivity index (χ0v) is 18.2. The summed E-state index contributed by atoms with van der Waals surface area (Å²) >= 11 is 4.01. The Bertz CT molecular complexity index is 883. The van der Waals surface area contributed by atoms with Gasteiger partial charge in [0, 0.05) is 12.6 Å². The van der Waals surface area contributed by atoms with Crippen molar-refractivity contribution in [2.45, 2.75) is 17.0 Å². The Morgan fingerprint density at radius 1 is 0.828 bits per heavy atom. The van der Waals surface area contributed by atoms with Crippen LogP contribution in [0.1, 0.15) is 44.1 Å². The van der Waals surface area contributed by atoms with E-state index in [1.54, 1.807) is 0 Å². The summed E-state index contributed by atoms with van der Waals surface area (Å²) < 4.78 is 0.493. The van der Waals surface area contributed by atoms with Gasteiger partial charge >= 0.3 is 0 Å². The third kappa shape index (κ3) is 4.71. The molecule has 1 heterocycles. The highest BCUT2D eigenvalue weighted by Crippen LogP contribution is 2.43. The maximum Gasteiger partial charge on any atom is 0.254 e. The van der Waals surface area contributed by atoms with E-state index in [1.807, 2.05) is 84.0 Å². The molecule has 4 heteroatoms. The Labute approximate surface area is 181 Å². The Hall–Kier alpha value is -2.17. The predicted octanol–water partition coefficient (Wildman–Crippen LogP) is 6.42. The second-order valence-electron chi connectivity index (χ2n) is 7.19. The van der Waals surface area contributed by atoms with Crippen LogP contribution >= 0.6 is 23.5 Å². The van der Waals surface area contributed by atoms with E-state index in [2.05, 4.69) is 36.4 Å². The first kappa shape index (κ1) is 20.1. The minimum atomic E-state index is -0.117. The number of carbonyl (C=O) groups excluding carboxylic acids is 1. The van der Waals surface area contributed by atoms with Crippen molar-refractivity contribution >= 4 is 29.4 Å². The van der Waals surface area contributed by atoms with Gasteiger partial charge in [-0.25, -0.2) is 0 Å². The number of benzene rings is 3. The molecule has 0 atom stereocenters. The maximum absolute atomic E-state index is 13.3. The Morgan fingerprint density at radius 3 is 1.86 bits per heavy atom. The normalized spacial score (nSPS) is 14.7. The van der Waals surface area contributed by atoms with E-state index >= 15 is 0 Å². The first-order valence-corrected chi connectivity index (χ1v) is 12.0. The lowest BCUT2D eigenvalue weighted by molar-refractivity contribution is 0.0755. The molecule has 1 aliphatic rings. The average molecular weight is 420 g/mol. The lowest BCUT2D eigenvalue weighted by Gasteiger charge is -2.29. The number of hydrogen-bond acceptors (Lipinski definition) is 3. The second kappa shape index (κ2) is 9.55. The molecular formula is C25H25NOS2. The highest BCUT2D eigenvalue weighted by Gasteiger charge is 2.25. The molecule has 0 N–H and O–H groups in total. The van der Waals surface area contributed by atoms with Gasteiger partial charge in [-0.1, -0.05) is 72.8 Å². The van der Waals surface area contributed by atoms with E-state index in [0.29, 0.717) is 4.58 Å². The van der Waals surface area contributed by atoms with Crippen LogP contribution in [0, 0.1) is 0 Å². The molecule has 0 spiro atoms. The lowest BCUT2D eigenvalue weighted by atomic mass is 9.96. The van der Waals surface area contributed by atoms with E-state index in [-0.39, 0.29) is 11.9 Å². The van der Waals surface area contributed by atoms with Crippen molar-refractivity contribution in [1.29, 1.82) is 0 Å². The summed E-state index contributed by atoms with van der Waals surface area (Å²) in [5, 5.41) is 0. The fourth-order valence-corrected chi connectivity index (χ4v) is 6.59. The second-order valence-corrected chi connectivity index (χ2v) is 9.91. The van der Waals surface area contributed by atoms with Gasteiger partial charge in [-0.15, -0.1) is 23.5 Å². The first-order chi connectivity index (χ1) is 14.2. The Kier molecular flexibility index (Phi) is 6.63. The van der Waals surface area contributed by atoms with E-state index < -0.39 is 0 Å². The van der Waals surface area contributed by atoms with Crippen LogP contribution in [0.25, 0.3) is 0 Å². The molecule has 148 valence electrons. The van der Waals surface area contributed by atoms with Gasteiger partial charge in [-0.3, -0.25) is 4.79 Å². The third-order valence-corrected chi connectivity index (χ3v) is 8.21. The molecule has 4 rings (SSSR count). The SMILES string of the molecule is CN(C(=O)c1ccc(C2SCCCS2)cc1)C(c1ccccc1)c1ccccc1. The lowest BCUT2D eigenvalue weighted by Crippen LogP contribution is -2.32. The van der Waals surface area contributed by atoms with Crippen LogP contribution in [-0.2, 0) is 0 Å². The van der Waals surface area contributed by atoms with Crippen LogP contribution in [0.3, 0.4) is 0 Å². The summed E-state index contributed by atoms with van der Waals surface area (Å²) in [5.74, 6) is 2.48. The smallest absolute Gasteiger partial charge is 0.254 e. The molecule has 0 aliphatic carbocycles. The molecule has 1 fully saturated rings. The molecule has 1 amide bonds. The highest BCUT2D eigenvalue weighted by molar-refractivity contribution is 8.16. The van der Waals surface area contributed by atoms with E-state index in [4.69, 9.17) is 0 Å². The minimum absolute atomic E-state index is 0.0400. The molecule has 29 heavy (non-hydrogen) atoms. The molecule has 0 saturated carbocycles. The highest BCUT2D eigenvalue weighted by atomic mass is 32.2. The minimum Gasteiger partial charge on any atom is -0.331 e. The van der Waals surface area contributed by atoms with Crippen LogP contribution in [0.15, 0.2) is 84.9 Å². The number of amides is 1. The number of carbonyl (C=O) groups is 1. The number of thioether (sulfide) groups is 2. The van der Waals surface area contributed by atoms with Crippen LogP contribution < -0.4 is 0 Å². The Morgan fingerprint density at radius 2 is 1.34 bits per heavy atom. The van der Waals surface area contributed by atoms with Crippen molar-refractivity contribution < 1.29 is 4.79 Å². The molecule has 3 aromatic rings. The van der Waals surface area contributed by atoms with Gasteiger partial charge in [-0.05, 0) is 46.7 Å². The van der Waals surface area contributed by atoms with Crippen molar-refractivity contribution in [3.63, 3.8) is 0 Å². The molecule has 0 unspecified atom stereocenters. The Balaban J connectivity index is 1.59. The number of hydrogen-bond donors (Lipinski definition) is 0. The van der Waals surface area contributed by atoms with E-state index in [1.165, 1.54) is 23.5 Å². The largest absolute Gasteiger partial charge is 0.331 e. The first-order valence-electron chi connectivity index (χ1n) is 9.94. The number of rotatable bonds is 5. The van der Waals surface area contributed by atoms with Gasteiger partial charge in [0.2, 0.25) is 0 Å². The van der Waals surface area contributed by atoms with Gasteiger partial charge in [0.05, 0.1) is 10.6 Å². The van der Waals surface area contributed by atoms with Crippen LogP contribution in [0.2, 0.25) is 0 Å². The summed E-state index contributed by atoms with van der Waals surface area (Å²) in [4.78, 5) is 15.2. The fourth-order valence-electron chi connectivity index (χ4n) is 3.69. The molecule has 0 radical (unpaired) electrons. The summed E-state index contributed by atoms with van der Waals surface area (Å²) in [7, 11) is 1.90. The monoisotopic (exact) mass is 419 g/mol. The van der Waals surface area contributed by atoms with Gasteiger partial charge in [0.1, 0.15) is 0 Å². The average Bonchev–Trinajstić information content (AvgIpc) is 2.81. The standard InChI is InChI=1S/C25H25NOS2/c1-26(23(19-9-4-2-5-10-19)20-11-6-3-7-12-20)24(27)21-13-15-22(16-14-21)25-28-17-8-18-29-25/h2-7,9-16,23,25H,8,17-18H2,1H3. The summed E-state index contributed by atoms with van der Waals surface area (Å²) in [5.41, 5.74) is 4.27. The van der Waals surface area contributed by atoms with Gasteiger partial charge in [0.15, 0.2) is 0 Å². The summed E-state index contributed by atoms with van der Waals surface area (Å²) in [6.07, 6.45) is 1.29. The molecule has 1 aliphatic heterocycles. The van der Waals surface area contributed by atoms with Crippen LogP contribution in [-0.4, -0.2) is 29.4 Å². The van der Waals surface area contributed by atoms with E-state index in [0.717, 1.165) is 16.7 Å². The molecule has 1 saturated heterocycles. The van der Waals surface area contributed by atoms with Crippen molar-refractivity contribution in [1.82, 2.24) is 4.90 Å². The molecular weight excluding hydrogens is 394 g/mol. The van der Waals surface area contributed by atoms with E-state index in [9.17, 15) is 4.79 Å². The summed E-state index contributed by atoms with van der Waals surface area (Å²) in [6, 6.07) is 28.6. The summed E-state index contributed by atoms with van der Waals surface area (Å²) in [6.45, 7) is 0. The zero-order chi connectivity index (χ0) is 20.1. The zero-order valence-electron chi connectivity index (χ0n) is 16.5. The van der Waals surface area contributed by atoms with Crippen LogP contribution in [0.5, 0.6) is 0 Å². The molecule has 2 nitrogen and oxygen atoms in total. The van der Waals surface area contributed by atoms with Crippen molar-refractivity contribution in [2.24, 2.45) is 0 Å². The number of nitrogens with zero attached hydrogens (tertiary/aromatic N) is 1. The predicted molar refractivity (Wildman–Crippen MR) is 126 cm³/mol. The quantitative estimate of drug-likeness (QED) is 0.476. The van der Waals surface area contributed by atoms with Crippen molar-refractivity contribution in [3.8, 4) is 0 Å². The van der Waals surface area contributed by atoms with Crippen LogP contribution in [0.4, 0.5) is 0 Å². The van der Waals surface area contributed by atoms with Gasteiger partial charge in [0.25, 0.3) is 5.91 Å². The van der Waals surface area contributed by atoms with Gasteiger partial charge in [-0.2, -0.15) is 0 Å². The van der Waals surface area contributed by atoms with Crippen molar-refractivity contribution in [2.75, 3.05) is 18.6 Å². The maximum atomic E-state index is 13.3.